The fourth-order valence-corrected chi connectivity index (χ4v) is 7.00. The van der Waals surface area contributed by atoms with Crippen molar-refractivity contribution in [3.8, 4) is 6.07 Å². The van der Waals surface area contributed by atoms with Gasteiger partial charge in [0.2, 0.25) is 0 Å². The zero-order valence-electron chi connectivity index (χ0n) is 20.1. The first-order chi connectivity index (χ1) is 15.5. The summed E-state index contributed by atoms with van der Waals surface area (Å²) >= 11 is 0. The van der Waals surface area contributed by atoms with Crippen LogP contribution in [-0.4, -0.2) is 37.2 Å². The fourth-order valence-electron chi connectivity index (χ4n) is 5.33. The zero-order chi connectivity index (χ0) is 24.0. The van der Waals surface area contributed by atoms with Crippen molar-refractivity contribution in [2.24, 2.45) is 0 Å². The van der Waals surface area contributed by atoms with Crippen molar-refractivity contribution in [3.63, 3.8) is 0 Å². The van der Waals surface area contributed by atoms with E-state index in [0.717, 1.165) is 30.4 Å². The number of nitrogens with zero attached hydrogens (tertiary/aromatic N) is 3. The van der Waals surface area contributed by atoms with Gasteiger partial charge in [0, 0.05) is 11.1 Å². The molecule has 176 valence electrons. The first-order valence-electron chi connectivity index (χ1n) is 11.5. The number of hydrogen-bond acceptors (Lipinski definition) is 5. The molecule has 2 aromatic carbocycles. The third-order valence-corrected chi connectivity index (χ3v) is 8.76. The average Bonchev–Trinajstić information content (AvgIpc) is 3.10. The molecule has 4 rings (SSSR count). The lowest BCUT2D eigenvalue weighted by Gasteiger charge is -2.51. The highest BCUT2D eigenvalue weighted by Gasteiger charge is 2.45. The molecule has 0 N–H and O–H groups in total. The van der Waals surface area contributed by atoms with Crippen LogP contribution in [0.4, 0.5) is 5.69 Å². The third kappa shape index (κ3) is 4.40. The maximum Gasteiger partial charge on any atom is 0.264 e. The largest absolute Gasteiger partial charge is 0.296 e. The molecule has 0 saturated carbocycles. The summed E-state index contributed by atoms with van der Waals surface area (Å²) in [5, 5.41) is 11.4. The van der Waals surface area contributed by atoms with Gasteiger partial charge < -0.3 is 0 Å². The molecule has 1 atom stereocenters. The van der Waals surface area contributed by atoms with E-state index in [0.29, 0.717) is 17.7 Å². The number of anilines is 1. The summed E-state index contributed by atoms with van der Waals surface area (Å²) in [6, 6.07) is 13.9. The van der Waals surface area contributed by atoms with Gasteiger partial charge in [-0.15, -0.1) is 0 Å². The molecule has 6 nitrogen and oxygen atoms in total. The van der Waals surface area contributed by atoms with Gasteiger partial charge >= 0.3 is 0 Å². The van der Waals surface area contributed by atoms with Crippen molar-refractivity contribution >= 4 is 15.7 Å². The number of fused-ring (bicyclic) bond motifs is 1. The zero-order valence-corrected chi connectivity index (χ0v) is 20.9. The van der Waals surface area contributed by atoms with Gasteiger partial charge in [-0.05, 0) is 96.2 Å². The highest BCUT2D eigenvalue weighted by atomic mass is 32.2. The first kappa shape index (κ1) is 23.7. The first-order valence-corrected chi connectivity index (χ1v) is 13.0. The number of hydrogen-bond donors (Lipinski definition) is 0. The molecule has 2 aromatic rings. The highest BCUT2D eigenvalue weighted by Crippen LogP contribution is 2.41. The molecular weight excluding hydrogens is 434 g/mol. The van der Waals surface area contributed by atoms with Crippen molar-refractivity contribution in [1.29, 1.82) is 5.26 Å². The van der Waals surface area contributed by atoms with Crippen molar-refractivity contribution < 1.29 is 13.3 Å². The van der Waals surface area contributed by atoms with Crippen molar-refractivity contribution in [3.05, 3.63) is 59.2 Å². The number of benzene rings is 2. The quantitative estimate of drug-likeness (QED) is 0.621. The lowest BCUT2D eigenvalue weighted by atomic mass is 9.82. The van der Waals surface area contributed by atoms with E-state index in [1.807, 2.05) is 19.1 Å². The molecular formula is C26H33N3O3S. The van der Waals surface area contributed by atoms with Crippen molar-refractivity contribution in [1.82, 2.24) is 5.06 Å². The van der Waals surface area contributed by atoms with E-state index in [-0.39, 0.29) is 22.6 Å². The average molecular weight is 468 g/mol. The Balaban J connectivity index is 1.69. The van der Waals surface area contributed by atoms with Crippen molar-refractivity contribution in [2.45, 2.75) is 82.3 Å². The number of aryl methyl sites for hydroxylation is 1. The van der Waals surface area contributed by atoms with Crippen LogP contribution >= 0.6 is 0 Å². The molecule has 2 aliphatic heterocycles. The summed E-state index contributed by atoms with van der Waals surface area (Å²) in [7, 11) is -3.80. The van der Waals surface area contributed by atoms with E-state index in [1.165, 1.54) is 4.31 Å². The Morgan fingerprint density at radius 1 is 1.06 bits per heavy atom. The Kier molecular flexibility index (Phi) is 6.06. The SMILES string of the molecule is Cc1ccc(S(=O)(=O)N2c3ccc(C#N)cc3C[C@H]2CON2C(C)(C)CCCC2(C)C)cc1. The van der Waals surface area contributed by atoms with E-state index in [9.17, 15) is 13.7 Å². The van der Waals surface area contributed by atoms with Gasteiger partial charge in [0.1, 0.15) is 0 Å². The second-order valence-corrected chi connectivity index (χ2v) is 12.3. The summed E-state index contributed by atoms with van der Waals surface area (Å²) in [6.45, 7) is 10.9. The van der Waals surface area contributed by atoms with Gasteiger partial charge in [0.05, 0.1) is 34.9 Å². The van der Waals surface area contributed by atoms with Gasteiger partial charge in [-0.1, -0.05) is 17.7 Å². The molecule has 0 amide bonds. The highest BCUT2D eigenvalue weighted by molar-refractivity contribution is 7.92. The number of nitriles is 1. The van der Waals surface area contributed by atoms with Gasteiger partial charge in [0.25, 0.3) is 10.0 Å². The van der Waals surface area contributed by atoms with Crippen LogP contribution in [0, 0.1) is 18.3 Å². The van der Waals surface area contributed by atoms with E-state index in [4.69, 9.17) is 4.84 Å². The summed E-state index contributed by atoms with van der Waals surface area (Å²) < 4.78 is 29.0. The van der Waals surface area contributed by atoms with Crippen LogP contribution in [0.1, 0.15) is 63.6 Å². The van der Waals surface area contributed by atoms with Crippen LogP contribution in [0.5, 0.6) is 0 Å². The van der Waals surface area contributed by atoms with Crippen LogP contribution in [0.25, 0.3) is 0 Å². The van der Waals surface area contributed by atoms with E-state index in [1.54, 1.807) is 30.3 Å². The van der Waals surface area contributed by atoms with Gasteiger partial charge in [-0.25, -0.2) is 8.42 Å². The molecule has 0 spiro atoms. The third-order valence-electron chi connectivity index (χ3n) is 6.88. The maximum atomic E-state index is 13.8. The Hall–Kier alpha value is -2.40. The number of rotatable bonds is 5. The molecule has 0 unspecified atom stereocenters. The Labute approximate surface area is 197 Å². The Morgan fingerprint density at radius 2 is 1.70 bits per heavy atom. The summed E-state index contributed by atoms with van der Waals surface area (Å²) in [6.07, 6.45) is 3.70. The van der Waals surface area contributed by atoms with E-state index >= 15 is 0 Å². The predicted molar refractivity (Wildman–Crippen MR) is 129 cm³/mol. The number of hydroxylamine groups is 2. The standard InChI is InChI=1S/C26H33N3O3S/c1-19-7-10-23(11-8-19)33(30,31)28-22(16-21-15-20(17-27)9-12-24(21)28)18-32-29-25(2,3)13-6-14-26(29,4)5/h7-12,15,22H,6,13-14,16,18H2,1-5H3/t22-/m0/s1. The minimum Gasteiger partial charge on any atom is -0.296 e. The Bertz CT molecular complexity index is 1160. The number of sulfonamides is 1. The van der Waals surface area contributed by atoms with Gasteiger partial charge in [-0.3, -0.25) is 9.14 Å². The smallest absolute Gasteiger partial charge is 0.264 e. The molecule has 2 heterocycles. The topological polar surface area (TPSA) is 73.6 Å². The summed E-state index contributed by atoms with van der Waals surface area (Å²) in [4.78, 5) is 6.69. The maximum absolute atomic E-state index is 13.8. The molecule has 0 aromatic heterocycles. The van der Waals surface area contributed by atoms with Crippen LogP contribution < -0.4 is 4.31 Å². The monoisotopic (exact) mass is 467 g/mol. The van der Waals surface area contributed by atoms with Crippen LogP contribution in [0.3, 0.4) is 0 Å². The summed E-state index contributed by atoms with van der Waals surface area (Å²) in [5.74, 6) is 0. The van der Waals surface area contributed by atoms with Crippen molar-refractivity contribution in [2.75, 3.05) is 10.9 Å². The molecule has 1 saturated heterocycles. The predicted octanol–water partition coefficient (Wildman–Crippen LogP) is 4.96. The van der Waals surface area contributed by atoms with E-state index < -0.39 is 16.1 Å². The van der Waals surface area contributed by atoms with Gasteiger partial charge in [-0.2, -0.15) is 10.3 Å². The fraction of sp³-hybridized carbons (Fsp3) is 0.500. The van der Waals surface area contributed by atoms with Crippen LogP contribution in [0.15, 0.2) is 47.4 Å². The minimum absolute atomic E-state index is 0.137. The number of piperidine rings is 1. The minimum atomic E-state index is -3.80. The van der Waals surface area contributed by atoms with Gasteiger partial charge in [0.15, 0.2) is 0 Å². The molecule has 1 fully saturated rings. The lowest BCUT2D eigenvalue weighted by molar-refractivity contribution is -0.282. The lowest BCUT2D eigenvalue weighted by Crippen LogP contribution is -2.59. The Morgan fingerprint density at radius 3 is 2.30 bits per heavy atom. The second kappa shape index (κ2) is 8.43. The molecule has 33 heavy (non-hydrogen) atoms. The second-order valence-electron chi connectivity index (χ2n) is 10.5. The van der Waals surface area contributed by atoms with E-state index in [2.05, 4.69) is 38.8 Å². The van der Waals surface area contributed by atoms with Crippen LogP contribution in [-0.2, 0) is 21.3 Å². The molecule has 0 aliphatic carbocycles. The molecule has 0 bridgehead atoms. The normalized spacial score (nSPS) is 22.1. The molecule has 0 radical (unpaired) electrons. The van der Waals surface area contributed by atoms with Crippen LogP contribution in [0.2, 0.25) is 0 Å². The summed E-state index contributed by atoms with van der Waals surface area (Å²) in [5.41, 5.74) is 2.74. The molecule has 2 aliphatic rings. The molecule has 7 heteroatoms.